The molecule has 2 aromatic rings. The molecule has 0 unspecified atom stereocenters. The van der Waals surface area contributed by atoms with Gasteiger partial charge in [-0.05, 0) is 70.8 Å². The Morgan fingerprint density at radius 1 is 1.03 bits per heavy atom. The van der Waals surface area contributed by atoms with E-state index in [9.17, 15) is 18.7 Å². The molecule has 0 aliphatic rings. The molecule has 2 aromatic carbocycles. The SMILES string of the molecule is CCCCCCCC(=O)N[C@@H](Cc1cc(F)cc(F)c1)[C@@H](O)CNCc1cccc(I)c1. The van der Waals surface area contributed by atoms with Crippen molar-refractivity contribution in [1.29, 1.82) is 0 Å². The Kier molecular flexibility index (Phi) is 12.1. The second-order valence-corrected chi connectivity index (χ2v) is 9.39. The van der Waals surface area contributed by atoms with Gasteiger partial charge in [-0.25, -0.2) is 8.78 Å². The molecule has 1 amide bonds. The Bertz CT molecular complexity index is 830. The molecular formula is C25H33F2IN2O2. The van der Waals surface area contributed by atoms with Gasteiger partial charge in [0.1, 0.15) is 11.6 Å². The standard InChI is InChI=1S/C25H33F2IN2O2/c1-2-3-4-5-6-10-25(32)30-23(14-19-11-20(26)15-21(27)12-19)24(31)17-29-16-18-8-7-9-22(28)13-18/h7-9,11-13,15,23-24,29,31H,2-6,10,14,16-17H2,1H3,(H,30,32)/t23-,24-/m0/s1. The van der Waals surface area contributed by atoms with Crippen molar-refractivity contribution in [3.63, 3.8) is 0 Å². The van der Waals surface area contributed by atoms with Crippen molar-refractivity contribution >= 4 is 28.5 Å². The number of hydrogen-bond donors (Lipinski definition) is 3. The quantitative estimate of drug-likeness (QED) is 0.223. The molecule has 7 heteroatoms. The molecule has 32 heavy (non-hydrogen) atoms. The number of hydrogen-bond acceptors (Lipinski definition) is 3. The number of carbonyl (C=O) groups excluding carboxylic acids is 1. The fraction of sp³-hybridized carbons (Fsp3) is 0.480. The zero-order valence-electron chi connectivity index (χ0n) is 18.5. The second kappa shape index (κ2) is 14.5. The highest BCUT2D eigenvalue weighted by molar-refractivity contribution is 14.1. The van der Waals surface area contributed by atoms with Crippen LogP contribution in [-0.2, 0) is 17.8 Å². The third kappa shape index (κ3) is 10.4. The molecule has 4 nitrogen and oxygen atoms in total. The number of benzene rings is 2. The van der Waals surface area contributed by atoms with E-state index in [1.165, 1.54) is 12.1 Å². The Morgan fingerprint density at radius 2 is 1.75 bits per heavy atom. The normalized spacial score (nSPS) is 13.0. The summed E-state index contributed by atoms with van der Waals surface area (Å²) in [5.74, 6) is -1.50. The summed E-state index contributed by atoms with van der Waals surface area (Å²) in [5, 5.41) is 16.8. The van der Waals surface area contributed by atoms with Crippen LogP contribution < -0.4 is 10.6 Å². The average molecular weight is 558 g/mol. The summed E-state index contributed by atoms with van der Waals surface area (Å²) in [6, 6.07) is 10.7. The molecule has 0 saturated carbocycles. The molecule has 0 fully saturated rings. The van der Waals surface area contributed by atoms with Crippen LogP contribution in [0.15, 0.2) is 42.5 Å². The minimum Gasteiger partial charge on any atom is -0.390 e. The Morgan fingerprint density at radius 3 is 2.44 bits per heavy atom. The van der Waals surface area contributed by atoms with Gasteiger partial charge in [0, 0.05) is 29.1 Å². The van der Waals surface area contributed by atoms with Crippen molar-refractivity contribution in [2.24, 2.45) is 0 Å². The van der Waals surface area contributed by atoms with Crippen molar-refractivity contribution in [3.8, 4) is 0 Å². The Labute approximate surface area is 203 Å². The molecule has 0 heterocycles. The lowest BCUT2D eigenvalue weighted by molar-refractivity contribution is -0.122. The molecule has 3 N–H and O–H groups in total. The highest BCUT2D eigenvalue weighted by Gasteiger charge is 2.22. The van der Waals surface area contributed by atoms with Gasteiger partial charge in [0.05, 0.1) is 12.1 Å². The molecule has 0 spiro atoms. The predicted octanol–water partition coefficient (Wildman–Crippen LogP) is 5.11. The smallest absolute Gasteiger partial charge is 0.220 e. The van der Waals surface area contributed by atoms with Gasteiger partial charge in [-0.1, -0.05) is 44.7 Å². The highest BCUT2D eigenvalue weighted by Crippen LogP contribution is 2.13. The van der Waals surface area contributed by atoms with Gasteiger partial charge >= 0.3 is 0 Å². The average Bonchev–Trinajstić information content (AvgIpc) is 2.72. The summed E-state index contributed by atoms with van der Waals surface area (Å²) in [4.78, 5) is 12.5. The summed E-state index contributed by atoms with van der Waals surface area (Å²) < 4.78 is 28.4. The monoisotopic (exact) mass is 558 g/mol. The van der Waals surface area contributed by atoms with Crippen LogP contribution in [0, 0.1) is 15.2 Å². The van der Waals surface area contributed by atoms with Gasteiger partial charge in [0.15, 0.2) is 0 Å². The predicted molar refractivity (Wildman–Crippen MR) is 132 cm³/mol. The van der Waals surface area contributed by atoms with E-state index in [1.807, 2.05) is 24.3 Å². The topological polar surface area (TPSA) is 61.4 Å². The van der Waals surface area contributed by atoms with Crippen molar-refractivity contribution in [1.82, 2.24) is 10.6 Å². The highest BCUT2D eigenvalue weighted by atomic mass is 127. The van der Waals surface area contributed by atoms with Crippen LogP contribution in [0.2, 0.25) is 0 Å². The third-order valence-corrected chi connectivity index (χ3v) is 5.94. The van der Waals surface area contributed by atoms with Gasteiger partial charge in [-0.3, -0.25) is 4.79 Å². The number of nitrogens with one attached hydrogen (secondary N) is 2. The summed E-state index contributed by atoms with van der Waals surface area (Å²) in [6.45, 7) is 2.95. The number of aliphatic hydroxyl groups excluding tert-OH is 1. The van der Waals surface area contributed by atoms with E-state index in [1.54, 1.807) is 0 Å². The maximum atomic E-state index is 13.6. The van der Waals surface area contributed by atoms with E-state index in [4.69, 9.17) is 0 Å². The Hall–Kier alpha value is -1.58. The second-order valence-electron chi connectivity index (χ2n) is 8.15. The number of carbonyl (C=O) groups is 1. The van der Waals surface area contributed by atoms with Crippen molar-refractivity contribution < 1.29 is 18.7 Å². The molecule has 0 saturated heterocycles. The molecule has 0 aromatic heterocycles. The molecule has 2 rings (SSSR count). The minimum atomic E-state index is -0.909. The lowest BCUT2D eigenvalue weighted by Gasteiger charge is -2.25. The summed E-state index contributed by atoms with van der Waals surface area (Å²) in [6.07, 6.45) is 4.77. The third-order valence-electron chi connectivity index (χ3n) is 5.27. The van der Waals surface area contributed by atoms with Crippen LogP contribution in [0.1, 0.15) is 56.6 Å². The van der Waals surface area contributed by atoms with E-state index in [-0.39, 0.29) is 18.9 Å². The first-order valence-corrected chi connectivity index (χ1v) is 12.3. The van der Waals surface area contributed by atoms with Gasteiger partial charge in [-0.2, -0.15) is 0 Å². The van der Waals surface area contributed by atoms with E-state index >= 15 is 0 Å². The zero-order chi connectivity index (χ0) is 23.3. The number of aliphatic hydroxyl groups is 1. The molecule has 0 bridgehead atoms. The number of unbranched alkanes of at least 4 members (excludes halogenated alkanes) is 4. The van der Waals surface area contributed by atoms with Crippen LogP contribution in [0.5, 0.6) is 0 Å². The molecule has 2 atom stereocenters. The van der Waals surface area contributed by atoms with Crippen LogP contribution in [0.3, 0.4) is 0 Å². The van der Waals surface area contributed by atoms with Crippen LogP contribution in [-0.4, -0.2) is 29.7 Å². The minimum absolute atomic E-state index is 0.141. The van der Waals surface area contributed by atoms with Crippen LogP contribution >= 0.6 is 22.6 Å². The zero-order valence-corrected chi connectivity index (χ0v) is 20.7. The molecule has 176 valence electrons. The fourth-order valence-electron chi connectivity index (χ4n) is 3.59. The van der Waals surface area contributed by atoms with Crippen molar-refractivity contribution in [3.05, 3.63) is 68.8 Å². The summed E-state index contributed by atoms with van der Waals surface area (Å²) >= 11 is 2.24. The maximum Gasteiger partial charge on any atom is 0.220 e. The van der Waals surface area contributed by atoms with Gasteiger partial charge in [0.2, 0.25) is 5.91 Å². The van der Waals surface area contributed by atoms with Crippen molar-refractivity contribution in [2.45, 2.75) is 70.6 Å². The summed E-state index contributed by atoms with van der Waals surface area (Å²) in [5.41, 5.74) is 1.48. The van der Waals surface area contributed by atoms with Crippen LogP contribution in [0.25, 0.3) is 0 Å². The first-order valence-electron chi connectivity index (χ1n) is 11.2. The van der Waals surface area contributed by atoms with Crippen molar-refractivity contribution in [2.75, 3.05) is 6.54 Å². The molecule has 0 radical (unpaired) electrons. The fourth-order valence-corrected chi connectivity index (χ4v) is 4.20. The number of halogens is 3. The first-order chi connectivity index (χ1) is 15.4. The Balaban J connectivity index is 1.95. The van der Waals surface area contributed by atoms with E-state index in [0.29, 0.717) is 18.5 Å². The van der Waals surface area contributed by atoms with Gasteiger partial charge in [0.25, 0.3) is 0 Å². The largest absolute Gasteiger partial charge is 0.390 e. The van der Waals surface area contributed by atoms with Gasteiger partial charge < -0.3 is 15.7 Å². The van der Waals surface area contributed by atoms with Gasteiger partial charge in [-0.15, -0.1) is 0 Å². The summed E-state index contributed by atoms with van der Waals surface area (Å²) in [7, 11) is 0. The van der Waals surface area contributed by atoms with E-state index < -0.39 is 23.8 Å². The van der Waals surface area contributed by atoms with E-state index in [2.05, 4.69) is 40.1 Å². The first kappa shape index (κ1) is 26.7. The molecule has 0 aliphatic heterocycles. The maximum absolute atomic E-state index is 13.6. The lowest BCUT2D eigenvalue weighted by Crippen LogP contribution is -2.48. The number of amides is 1. The molecular weight excluding hydrogens is 525 g/mol. The lowest BCUT2D eigenvalue weighted by atomic mass is 10.00. The molecule has 0 aliphatic carbocycles. The van der Waals surface area contributed by atoms with Crippen LogP contribution in [0.4, 0.5) is 8.78 Å². The van der Waals surface area contributed by atoms with E-state index in [0.717, 1.165) is 47.3 Å². The number of rotatable bonds is 14.